The molecule has 4 heterocycles. The Morgan fingerprint density at radius 3 is 2.59 bits per heavy atom. The first-order valence-electron chi connectivity index (χ1n) is 9.18. The zero-order valence-corrected chi connectivity index (χ0v) is 15.6. The SMILES string of the molecule is Cc1cccc(-c2n[nH]cc2-c2ccc3ncc(-c4cccc(F)c4)cc3n2)n1. The topological polar surface area (TPSA) is 67.3 Å². The van der Waals surface area contributed by atoms with E-state index < -0.39 is 0 Å². The number of H-pyrrole nitrogens is 1. The highest BCUT2D eigenvalue weighted by Crippen LogP contribution is 2.30. The zero-order chi connectivity index (χ0) is 19.8. The summed E-state index contributed by atoms with van der Waals surface area (Å²) in [6.07, 6.45) is 3.55. The number of nitrogens with zero attached hydrogens (tertiary/aromatic N) is 4. The Hall–Kier alpha value is -3.93. The average molecular weight is 381 g/mol. The molecular formula is C23H16FN5. The van der Waals surface area contributed by atoms with E-state index in [0.29, 0.717) is 0 Å². The fraction of sp³-hybridized carbons (Fsp3) is 0.0435. The number of pyridine rings is 3. The third-order valence-corrected chi connectivity index (χ3v) is 4.74. The van der Waals surface area contributed by atoms with Crippen molar-refractivity contribution in [1.29, 1.82) is 0 Å². The van der Waals surface area contributed by atoms with Crippen LogP contribution < -0.4 is 0 Å². The predicted octanol–water partition coefficient (Wildman–Crippen LogP) is 5.20. The van der Waals surface area contributed by atoms with E-state index in [1.807, 2.05) is 55.6 Å². The second-order valence-electron chi connectivity index (χ2n) is 6.78. The molecule has 6 heteroatoms. The van der Waals surface area contributed by atoms with Crippen molar-refractivity contribution in [2.24, 2.45) is 0 Å². The Kier molecular flexibility index (Phi) is 4.09. The molecule has 5 rings (SSSR count). The molecule has 4 aromatic heterocycles. The molecule has 0 aliphatic rings. The number of benzene rings is 1. The molecule has 1 aromatic carbocycles. The molecular weight excluding hydrogens is 365 g/mol. The number of rotatable bonds is 3. The molecule has 0 bridgehead atoms. The third-order valence-electron chi connectivity index (χ3n) is 4.74. The van der Waals surface area contributed by atoms with E-state index in [9.17, 15) is 4.39 Å². The number of fused-ring (bicyclic) bond motifs is 1. The van der Waals surface area contributed by atoms with E-state index in [4.69, 9.17) is 4.98 Å². The number of aromatic nitrogens is 5. The third kappa shape index (κ3) is 3.25. The fourth-order valence-electron chi connectivity index (χ4n) is 3.34. The van der Waals surface area contributed by atoms with Crippen molar-refractivity contribution in [2.45, 2.75) is 6.92 Å². The second-order valence-corrected chi connectivity index (χ2v) is 6.78. The van der Waals surface area contributed by atoms with Gasteiger partial charge >= 0.3 is 0 Å². The number of halogens is 1. The first-order chi connectivity index (χ1) is 14.2. The maximum atomic E-state index is 13.6. The maximum absolute atomic E-state index is 13.6. The number of hydrogen-bond donors (Lipinski definition) is 1. The van der Waals surface area contributed by atoms with Crippen molar-refractivity contribution in [1.82, 2.24) is 25.1 Å². The largest absolute Gasteiger partial charge is 0.284 e. The van der Waals surface area contributed by atoms with Crippen LogP contribution in [0.2, 0.25) is 0 Å². The van der Waals surface area contributed by atoms with E-state index in [1.54, 1.807) is 12.3 Å². The summed E-state index contributed by atoms with van der Waals surface area (Å²) >= 11 is 0. The fourth-order valence-corrected chi connectivity index (χ4v) is 3.34. The lowest BCUT2D eigenvalue weighted by molar-refractivity contribution is 0.628. The van der Waals surface area contributed by atoms with Crippen LogP contribution in [0.5, 0.6) is 0 Å². The minimum Gasteiger partial charge on any atom is -0.284 e. The van der Waals surface area contributed by atoms with Gasteiger partial charge in [-0.3, -0.25) is 15.1 Å². The van der Waals surface area contributed by atoms with Gasteiger partial charge < -0.3 is 0 Å². The Morgan fingerprint density at radius 2 is 1.72 bits per heavy atom. The summed E-state index contributed by atoms with van der Waals surface area (Å²) in [7, 11) is 0. The molecule has 0 atom stereocenters. The highest BCUT2D eigenvalue weighted by molar-refractivity contribution is 5.85. The van der Waals surface area contributed by atoms with E-state index >= 15 is 0 Å². The lowest BCUT2D eigenvalue weighted by atomic mass is 10.1. The summed E-state index contributed by atoms with van der Waals surface area (Å²) in [6.45, 7) is 1.95. The van der Waals surface area contributed by atoms with Gasteiger partial charge in [-0.15, -0.1) is 0 Å². The summed E-state index contributed by atoms with van der Waals surface area (Å²) in [5, 5.41) is 7.29. The number of aromatic amines is 1. The standard InChI is InChI=1S/C23H16FN5/c1-14-4-2-7-21(27-14)23-18(13-26-29-23)19-8-9-20-22(28-19)11-16(12-25-20)15-5-3-6-17(24)10-15/h2-13H,1H3,(H,26,29). The molecule has 0 radical (unpaired) electrons. The van der Waals surface area contributed by atoms with Crippen LogP contribution in [0.1, 0.15) is 5.69 Å². The Balaban J connectivity index is 1.61. The zero-order valence-electron chi connectivity index (χ0n) is 15.6. The van der Waals surface area contributed by atoms with Crippen LogP contribution in [0.15, 0.2) is 73.1 Å². The van der Waals surface area contributed by atoms with Crippen molar-refractivity contribution in [2.75, 3.05) is 0 Å². The highest BCUT2D eigenvalue weighted by atomic mass is 19.1. The van der Waals surface area contributed by atoms with Gasteiger partial charge in [0.05, 0.1) is 22.4 Å². The molecule has 0 unspecified atom stereocenters. The summed E-state index contributed by atoms with van der Waals surface area (Å²) in [4.78, 5) is 13.8. The second kappa shape index (κ2) is 6.91. The van der Waals surface area contributed by atoms with E-state index in [1.165, 1.54) is 12.1 Å². The molecule has 0 spiro atoms. The van der Waals surface area contributed by atoms with Crippen molar-refractivity contribution < 1.29 is 4.39 Å². The Bertz CT molecular complexity index is 1340. The minimum atomic E-state index is -0.280. The van der Waals surface area contributed by atoms with Gasteiger partial charge in [-0.2, -0.15) is 5.10 Å². The van der Waals surface area contributed by atoms with E-state index in [-0.39, 0.29) is 5.82 Å². The highest BCUT2D eigenvalue weighted by Gasteiger charge is 2.14. The van der Waals surface area contributed by atoms with E-state index in [2.05, 4.69) is 20.2 Å². The molecule has 29 heavy (non-hydrogen) atoms. The minimum absolute atomic E-state index is 0.280. The number of aryl methyl sites for hydroxylation is 1. The Morgan fingerprint density at radius 1 is 0.828 bits per heavy atom. The van der Waals surface area contributed by atoms with Gasteiger partial charge in [0.25, 0.3) is 0 Å². The van der Waals surface area contributed by atoms with Gasteiger partial charge in [0.1, 0.15) is 11.5 Å². The van der Waals surface area contributed by atoms with Gasteiger partial charge in [0.2, 0.25) is 0 Å². The van der Waals surface area contributed by atoms with Gasteiger partial charge in [-0.1, -0.05) is 18.2 Å². The van der Waals surface area contributed by atoms with Crippen molar-refractivity contribution >= 4 is 11.0 Å². The van der Waals surface area contributed by atoms with Crippen LogP contribution in [0.25, 0.3) is 44.8 Å². The number of nitrogens with one attached hydrogen (secondary N) is 1. The molecule has 5 aromatic rings. The molecule has 0 aliphatic heterocycles. The van der Waals surface area contributed by atoms with Gasteiger partial charge in [0, 0.05) is 29.2 Å². The molecule has 0 saturated heterocycles. The molecule has 0 amide bonds. The first-order valence-corrected chi connectivity index (χ1v) is 9.18. The van der Waals surface area contributed by atoms with Crippen molar-refractivity contribution in [3.05, 3.63) is 84.6 Å². The lowest BCUT2D eigenvalue weighted by Crippen LogP contribution is -1.92. The monoisotopic (exact) mass is 381 g/mol. The molecule has 0 saturated carbocycles. The van der Waals surface area contributed by atoms with Crippen LogP contribution >= 0.6 is 0 Å². The summed E-state index contributed by atoms with van der Waals surface area (Å²) in [5.74, 6) is -0.280. The van der Waals surface area contributed by atoms with Crippen LogP contribution in [0.4, 0.5) is 4.39 Å². The molecule has 140 valence electrons. The number of hydrogen-bond acceptors (Lipinski definition) is 4. The van der Waals surface area contributed by atoms with Gasteiger partial charge in [-0.25, -0.2) is 9.37 Å². The van der Waals surface area contributed by atoms with Crippen LogP contribution in [0.3, 0.4) is 0 Å². The first kappa shape index (κ1) is 17.2. The summed E-state index contributed by atoms with van der Waals surface area (Å²) < 4.78 is 13.6. The van der Waals surface area contributed by atoms with Crippen molar-refractivity contribution in [3.63, 3.8) is 0 Å². The molecule has 5 nitrogen and oxygen atoms in total. The van der Waals surface area contributed by atoms with Crippen LogP contribution in [-0.2, 0) is 0 Å². The predicted molar refractivity (Wildman–Crippen MR) is 110 cm³/mol. The lowest BCUT2D eigenvalue weighted by Gasteiger charge is -2.06. The molecule has 1 N–H and O–H groups in total. The van der Waals surface area contributed by atoms with Crippen LogP contribution in [-0.4, -0.2) is 25.1 Å². The summed E-state index contributed by atoms with van der Waals surface area (Å²) in [5.41, 5.74) is 7.16. The Labute approximate surface area is 166 Å². The smallest absolute Gasteiger partial charge is 0.123 e. The van der Waals surface area contributed by atoms with Crippen molar-refractivity contribution in [3.8, 4) is 33.8 Å². The van der Waals surface area contributed by atoms with E-state index in [0.717, 1.165) is 50.5 Å². The molecule has 0 fully saturated rings. The summed E-state index contributed by atoms with van der Waals surface area (Å²) in [6, 6.07) is 18.1. The quantitative estimate of drug-likeness (QED) is 0.467. The van der Waals surface area contributed by atoms with Gasteiger partial charge in [-0.05, 0) is 55.0 Å². The van der Waals surface area contributed by atoms with Gasteiger partial charge in [0.15, 0.2) is 0 Å². The average Bonchev–Trinajstić information content (AvgIpc) is 3.23. The normalized spacial score (nSPS) is 11.1. The maximum Gasteiger partial charge on any atom is 0.123 e. The molecule has 0 aliphatic carbocycles. The van der Waals surface area contributed by atoms with Crippen LogP contribution in [0, 0.1) is 12.7 Å².